The van der Waals surface area contributed by atoms with Gasteiger partial charge in [0.25, 0.3) is 0 Å². The zero-order valence-corrected chi connectivity index (χ0v) is 17.3. The first-order chi connectivity index (χ1) is 14.5. The Hall–Kier alpha value is -2.07. The molecular weight excluding hydrogens is 442 g/mol. The Bertz CT molecular complexity index is 1160. The smallest absolute Gasteiger partial charge is 0.337 e. The minimum atomic E-state index is -4.78. The minimum absolute atomic E-state index is 0.0832. The van der Waals surface area contributed by atoms with E-state index in [-0.39, 0.29) is 21.7 Å². The van der Waals surface area contributed by atoms with Gasteiger partial charge in [0.05, 0.1) is 32.3 Å². The first-order valence-electron chi connectivity index (χ1n) is 9.78. The summed E-state index contributed by atoms with van der Waals surface area (Å²) in [6.45, 7) is 1.49. The van der Waals surface area contributed by atoms with E-state index in [1.165, 1.54) is 18.4 Å². The Balaban J connectivity index is 2.10. The summed E-state index contributed by atoms with van der Waals surface area (Å²) in [6, 6.07) is 5.18. The first kappa shape index (κ1) is 22.1. The van der Waals surface area contributed by atoms with Crippen LogP contribution in [0.25, 0.3) is 21.8 Å². The van der Waals surface area contributed by atoms with Crippen molar-refractivity contribution in [2.45, 2.75) is 42.6 Å². The van der Waals surface area contributed by atoms with E-state index in [1.54, 1.807) is 0 Å². The van der Waals surface area contributed by atoms with Crippen molar-refractivity contribution in [1.82, 2.24) is 9.88 Å². The van der Waals surface area contributed by atoms with Crippen LogP contribution in [0.3, 0.4) is 0 Å². The number of rotatable bonds is 2. The van der Waals surface area contributed by atoms with Crippen LogP contribution in [0.4, 0.5) is 26.3 Å². The molecule has 1 N–H and O–H groups in total. The molecule has 2 heterocycles. The second-order valence-electron chi connectivity index (χ2n) is 7.75. The third-order valence-electron chi connectivity index (χ3n) is 5.76. The van der Waals surface area contributed by atoms with E-state index in [0.717, 1.165) is 37.6 Å². The molecule has 1 aromatic heterocycles. The zero-order chi connectivity index (χ0) is 22.6. The maximum absolute atomic E-state index is 13.7. The summed E-state index contributed by atoms with van der Waals surface area (Å²) in [5, 5.41) is 3.46. The molecule has 0 amide bonds. The number of fused-ring (bicyclic) bond motifs is 3. The summed E-state index contributed by atoms with van der Waals surface area (Å²) in [7, 11) is -1.93. The van der Waals surface area contributed by atoms with Gasteiger partial charge in [0.1, 0.15) is 0 Å². The van der Waals surface area contributed by atoms with Crippen LogP contribution < -0.4 is 5.32 Å². The molecule has 3 aromatic rings. The fraction of sp³-hybridized carbons (Fsp3) is 0.429. The molecule has 0 spiro atoms. The third-order valence-corrected chi connectivity index (χ3v) is 6.71. The standard InChI is InChI=1S/C21H20F6N2OS/c1-31(30)19-11-18-15(10-16(19)21(25,26)27)14-9-12(20(22,23)24)4-5-17(14)29(18)13-3-2-7-28-8-6-13/h4-5,9-11,13,28H,2-3,6-8H2,1H3. The largest absolute Gasteiger partial charge is 0.417 e. The molecule has 2 aromatic carbocycles. The summed E-state index contributed by atoms with van der Waals surface area (Å²) >= 11 is 0. The number of alkyl halides is 6. The Kier molecular flexibility index (Phi) is 5.58. The maximum atomic E-state index is 13.7. The SMILES string of the molecule is CS(=O)c1cc2c(cc1C(F)(F)F)c1cc(C(F)(F)F)ccc1n2C1CCCNCC1. The van der Waals surface area contributed by atoms with Crippen molar-refractivity contribution in [3.8, 4) is 0 Å². The van der Waals surface area contributed by atoms with Gasteiger partial charge < -0.3 is 9.88 Å². The molecule has 0 aliphatic carbocycles. The number of benzene rings is 2. The molecule has 1 aliphatic heterocycles. The van der Waals surface area contributed by atoms with Crippen LogP contribution in [0.1, 0.15) is 36.4 Å². The minimum Gasteiger partial charge on any atom is -0.337 e. The van der Waals surface area contributed by atoms with E-state index >= 15 is 0 Å². The molecule has 0 saturated carbocycles. The molecule has 10 heteroatoms. The molecule has 31 heavy (non-hydrogen) atoms. The predicted octanol–water partition coefficient (Wildman–Crippen LogP) is 5.88. The van der Waals surface area contributed by atoms with Crippen LogP contribution in [0.15, 0.2) is 35.2 Å². The van der Waals surface area contributed by atoms with Crippen molar-refractivity contribution < 1.29 is 30.6 Å². The van der Waals surface area contributed by atoms with Gasteiger partial charge in [0.15, 0.2) is 0 Å². The van der Waals surface area contributed by atoms with E-state index in [0.29, 0.717) is 24.0 Å². The average molecular weight is 462 g/mol. The first-order valence-corrected chi connectivity index (χ1v) is 11.3. The van der Waals surface area contributed by atoms with Gasteiger partial charge >= 0.3 is 12.4 Å². The van der Waals surface area contributed by atoms with Crippen LogP contribution in [-0.4, -0.2) is 28.1 Å². The van der Waals surface area contributed by atoms with Gasteiger partial charge in [-0.25, -0.2) is 0 Å². The van der Waals surface area contributed by atoms with E-state index in [9.17, 15) is 30.6 Å². The van der Waals surface area contributed by atoms with Gasteiger partial charge in [-0.1, -0.05) is 0 Å². The number of aromatic nitrogens is 1. The second kappa shape index (κ2) is 7.81. The highest BCUT2D eigenvalue weighted by molar-refractivity contribution is 7.84. The van der Waals surface area contributed by atoms with Gasteiger partial charge in [-0.05, 0) is 62.7 Å². The van der Waals surface area contributed by atoms with E-state index < -0.39 is 34.3 Å². The lowest BCUT2D eigenvalue weighted by molar-refractivity contribution is -0.140. The highest BCUT2D eigenvalue weighted by Gasteiger charge is 2.36. The molecule has 0 bridgehead atoms. The van der Waals surface area contributed by atoms with Crippen LogP contribution >= 0.6 is 0 Å². The molecule has 1 fully saturated rings. The third kappa shape index (κ3) is 4.07. The summed E-state index contributed by atoms with van der Waals surface area (Å²) < 4.78 is 95.0. The van der Waals surface area contributed by atoms with Crippen molar-refractivity contribution in [3.05, 3.63) is 41.5 Å². The summed E-state index contributed by atoms with van der Waals surface area (Å²) in [5.74, 6) is 0. The molecule has 1 aliphatic rings. The van der Waals surface area contributed by atoms with Crippen molar-refractivity contribution in [2.75, 3.05) is 19.3 Å². The van der Waals surface area contributed by atoms with Gasteiger partial charge in [-0.3, -0.25) is 4.21 Å². The molecule has 2 unspecified atom stereocenters. The fourth-order valence-corrected chi connectivity index (χ4v) is 5.13. The van der Waals surface area contributed by atoms with E-state index in [4.69, 9.17) is 0 Å². The highest BCUT2D eigenvalue weighted by Crippen LogP contribution is 2.42. The lowest BCUT2D eigenvalue weighted by Gasteiger charge is -2.20. The van der Waals surface area contributed by atoms with Crippen LogP contribution in [0, 0.1) is 0 Å². The monoisotopic (exact) mass is 462 g/mol. The molecule has 1 saturated heterocycles. The van der Waals surface area contributed by atoms with Gasteiger partial charge in [0.2, 0.25) is 0 Å². The average Bonchev–Trinajstić information content (AvgIpc) is 2.81. The second-order valence-corrected chi connectivity index (χ2v) is 9.10. The quantitative estimate of drug-likeness (QED) is 0.483. The topological polar surface area (TPSA) is 34.0 Å². The number of hydrogen-bond donors (Lipinski definition) is 1. The summed E-state index contributed by atoms with van der Waals surface area (Å²) in [4.78, 5) is -0.369. The fourth-order valence-electron chi connectivity index (χ4n) is 4.36. The van der Waals surface area contributed by atoms with E-state index in [2.05, 4.69) is 5.32 Å². The molecule has 3 nitrogen and oxygen atoms in total. The Morgan fingerprint density at radius 2 is 1.65 bits per heavy atom. The highest BCUT2D eigenvalue weighted by atomic mass is 32.2. The van der Waals surface area contributed by atoms with Crippen LogP contribution in [0.5, 0.6) is 0 Å². The van der Waals surface area contributed by atoms with Gasteiger partial charge in [0, 0.05) is 28.6 Å². The maximum Gasteiger partial charge on any atom is 0.417 e. The van der Waals surface area contributed by atoms with Crippen LogP contribution in [-0.2, 0) is 23.2 Å². The van der Waals surface area contributed by atoms with Gasteiger partial charge in [-0.15, -0.1) is 0 Å². The molecular formula is C21H20F6N2OS. The Morgan fingerprint density at radius 1 is 0.935 bits per heavy atom. The molecule has 4 rings (SSSR count). The van der Waals surface area contributed by atoms with Gasteiger partial charge in [-0.2, -0.15) is 26.3 Å². The number of hydrogen-bond acceptors (Lipinski definition) is 2. The van der Waals surface area contributed by atoms with Crippen molar-refractivity contribution in [1.29, 1.82) is 0 Å². The number of nitrogens with zero attached hydrogens (tertiary/aromatic N) is 1. The molecule has 0 radical (unpaired) electrons. The van der Waals surface area contributed by atoms with E-state index in [1.807, 2.05) is 4.57 Å². The normalized spacial score (nSPS) is 19.6. The number of nitrogens with one attached hydrogen (secondary N) is 1. The summed E-state index contributed by atoms with van der Waals surface area (Å²) in [5.41, 5.74) is -1.18. The van der Waals surface area contributed by atoms with Crippen LogP contribution in [0.2, 0.25) is 0 Å². The zero-order valence-electron chi connectivity index (χ0n) is 16.5. The lowest BCUT2D eigenvalue weighted by atomic mass is 10.1. The predicted molar refractivity (Wildman–Crippen MR) is 108 cm³/mol. The van der Waals surface area contributed by atoms with Crippen molar-refractivity contribution >= 4 is 32.6 Å². The Morgan fingerprint density at radius 3 is 2.29 bits per heavy atom. The number of halogens is 6. The van der Waals surface area contributed by atoms with Crippen molar-refractivity contribution in [3.63, 3.8) is 0 Å². The molecule has 2 atom stereocenters. The summed E-state index contributed by atoms with van der Waals surface area (Å²) in [6.07, 6.45) is -5.98. The lowest BCUT2D eigenvalue weighted by Crippen LogP contribution is -2.15. The Labute approximate surface area is 176 Å². The molecule has 168 valence electrons. The van der Waals surface area contributed by atoms with Crippen molar-refractivity contribution in [2.24, 2.45) is 0 Å².